The Morgan fingerprint density at radius 2 is 1.90 bits per heavy atom. The Kier molecular flexibility index (Phi) is 6.40. The minimum absolute atomic E-state index is 0.165. The third-order valence-corrected chi connectivity index (χ3v) is 4.55. The van der Waals surface area contributed by atoms with E-state index in [9.17, 15) is 14.0 Å². The lowest BCUT2D eigenvalue weighted by molar-refractivity contribution is -0.114. The van der Waals surface area contributed by atoms with E-state index in [0.717, 1.165) is 0 Å². The first-order valence-electron chi connectivity index (χ1n) is 8.54. The van der Waals surface area contributed by atoms with Crippen molar-refractivity contribution < 1.29 is 23.5 Å². The minimum Gasteiger partial charge on any atom is -0.495 e. The predicted octanol–water partition coefficient (Wildman–Crippen LogP) is 4.08. The molecular weight excluding hydrogens is 397 g/mol. The molecule has 0 radical (unpaired) electrons. The highest BCUT2D eigenvalue weighted by molar-refractivity contribution is 7.09. The van der Waals surface area contributed by atoms with Crippen LogP contribution in [0.1, 0.15) is 22.4 Å². The van der Waals surface area contributed by atoms with Crippen LogP contribution in [0.4, 0.5) is 15.8 Å². The van der Waals surface area contributed by atoms with Crippen molar-refractivity contribution in [2.75, 3.05) is 17.7 Å². The fourth-order valence-electron chi connectivity index (χ4n) is 2.43. The number of nitrogens with one attached hydrogen (secondary N) is 2. The van der Waals surface area contributed by atoms with Gasteiger partial charge in [0.25, 0.3) is 5.91 Å². The molecule has 0 atom stereocenters. The van der Waals surface area contributed by atoms with E-state index in [1.54, 1.807) is 23.6 Å². The molecule has 0 saturated heterocycles. The van der Waals surface area contributed by atoms with Crippen LogP contribution in [0.2, 0.25) is 0 Å². The second-order valence-corrected chi connectivity index (χ2v) is 6.86. The van der Waals surface area contributed by atoms with Crippen LogP contribution in [0.25, 0.3) is 0 Å². The molecule has 150 valence electrons. The topological polar surface area (TPSA) is 89.6 Å². The van der Waals surface area contributed by atoms with Gasteiger partial charge in [-0.25, -0.2) is 9.37 Å². The average molecular weight is 415 g/mol. The largest absolute Gasteiger partial charge is 0.495 e. The van der Waals surface area contributed by atoms with Crippen molar-refractivity contribution in [1.29, 1.82) is 0 Å². The van der Waals surface area contributed by atoms with Crippen molar-refractivity contribution in [2.24, 2.45) is 0 Å². The molecule has 3 aromatic rings. The fraction of sp³-hybridized carbons (Fsp3) is 0.150. The molecule has 2 amide bonds. The van der Waals surface area contributed by atoms with Gasteiger partial charge in [-0.1, -0.05) is 0 Å². The zero-order valence-corrected chi connectivity index (χ0v) is 16.5. The van der Waals surface area contributed by atoms with Crippen LogP contribution in [0.15, 0.2) is 47.8 Å². The predicted molar refractivity (Wildman–Crippen MR) is 108 cm³/mol. The van der Waals surface area contributed by atoms with E-state index in [-0.39, 0.29) is 24.0 Å². The lowest BCUT2D eigenvalue weighted by Gasteiger charge is -2.11. The quantitative estimate of drug-likeness (QED) is 0.607. The van der Waals surface area contributed by atoms with E-state index in [0.29, 0.717) is 27.9 Å². The Morgan fingerprint density at radius 3 is 2.59 bits per heavy atom. The maximum atomic E-state index is 12.9. The highest BCUT2D eigenvalue weighted by Crippen LogP contribution is 2.28. The molecule has 1 heterocycles. The van der Waals surface area contributed by atoms with Gasteiger partial charge in [0.2, 0.25) is 5.91 Å². The molecule has 9 heteroatoms. The van der Waals surface area contributed by atoms with Gasteiger partial charge < -0.3 is 20.1 Å². The lowest BCUT2D eigenvalue weighted by Crippen LogP contribution is -2.13. The van der Waals surface area contributed by atoms with Gasteiger partial charge in [-0.2, -0.15) is 0 Å². The number of nitrogens with zero attached hydrogens (tertiary/aromatic N) is 1. The number of halogens is 1. The molecule has 3 rings (SSSR count). The molecule has 0 aliphatic rings. The zero-order valence-electron chi connectivity index (χ0n) is 15.7. The second kappa shape index (κ2) is 9.16. The first-order chi connectivity index (χ1) is 13.9. The van der Waals surface area contributed by atoms with E-state index < -0.39 is 5.91 Å². The molecule has 0 aliphatic carbocycles. The number of thiazole rings is 1. The Hall–Kier alpha value is -3.46. The van der Waals surface area contributed by atoms with Gasteiger partial charge in [0, 0.05) is 18.0 Å². The summed E-state index contributed by atoms with van der Waals surface area (Å²) < 4.78 is 23.6. The van der Waals surface area contributed by atoms with Crippen LogP contribution in [-0.2, 0) is 11.4 Å². The third kappa shape index (κ3) is 5.52. The number of anilines is 2. The van der Waals surface area contributed by atoms with E-state index in [1.165, 1.54) is 49.6 Å². The van der Waals surface area contributed by atoms with Crippen molar-refractivity contribution in [3.8, 4) is 11.5 Å². The Balaban J connectivity index is 1.64. The van der Waals surface area contributed by atoms with Gasteiger partial charge in [0.05, 0.1) is 12.8 Å². The molecular formula is C20H18FN3O4S. The maximum absolute atomic E-state index is 12.9. The van der Waals surface area contributed by atoms with Crippen LogP contribution in [0.3, 0.4) is 0 Å². The zero-order chi connectivity index (χ0) is 20.8. The van der Waals surface area contributed by atoms with Crippen molar-refractivity contribution >= 4 is 34.5 Å². The summed E-state index contributed by atoms with van der Waals surface area (Å²) in [4.78, 5) is 28.0. The SMILES string of the molecule is COc1ccc(NC(=O)c2csc(COc3ccc(F)cc3)n2)cc1NC(C)=O. The van der Waals surface area contributed by atoms with Crippen molar-refractivity contribution in [3.63, 3.8) is 0 Å². The molecule has 0 aliphatic heterocycles. The summed E-state index contributed by atoms with van der Waals surface area (Å²) in [7, 11) is 1.49. The fourth-order valence-corrected chi connectivity index (χ4v) is 3.11. The van der Waals surface area contributed by atoms with E-state index in [2.05, 4.69) is 15.6 Å². The standard InChI is InChI=1S/C20H18FN3O4S/c1-12(25)22-16-9-14(5-8-18(16)27-2)23-20(26)17-11-29-19(24-17)10-28-15-6-3-13(21)4-7-15/h3-9,11H,10H2,1-2H3,(H,22,25)(H,23,26). The van der Waals surface area contributed by atoms with Gasteiger partial charge in [-0.15, -0.1) is 11.3 Å². The second-order valence-electron chi connectivity index (χ2n) is 5.92. The molecule has 2 N–H and O–H groups in total. The van der Waals surface area contributed by atoms with Gasteiger partial charge in [-0.3, -0.25) is 9.59 Å². The van der Waals surface area contributed by atoms with E-state index in [4.69, 9.17) is 9.47 Å². The summed E-state index contributed by atoms with van der Waals surface area (Å²) in [5, 5.41) is 7.61. The van der Waals surface area contributed by atoms with Crippen LogP contribution >= 0.6 is 11.3 Å². The van der Waals surface area contributed by atoms with E-state index >= 15 is 0 Å². The summed E-state index contributed by atoms with van der Waals surface area (Å²) in [6.07, 6.45) is 0. The number of rotatable bonds is 7. The van der Waals surface area contributed by atoms with E-state index in [1.807, 2.05) is 0 Å². The summed E-state index contributed by atoms with van der Waals surface area (Å²) in [6.45, 7) is 1.55. The molecule has 29 heavy (non-hydrogen) atoms. The maximum Gasteiger partial charge on any atom is 0.275 e. The monoisotopic (exact) mass is 415 g/mol. The van der Waals surface area contributed by atoms with Crippen LogP contribution in [0, 0.1) is 5.82 Å². The van der Waals surface area contributed by atoms with Gasteiger partial charge >= 0.3 is 0 Å². The van der Waals surface area contributed by atoms with Gasteiger partial charge in [-0.05, 0) is 42.5 Å². The van der Waals surface area contributed by atoms with Crippen LogP contribution in [-0.4, -0.2) is 23.9 Å². The molecule has 0 spiro atoms. The molecule has 0 bridgehead atoms. The summed E-state index contributed by atoms with van der Waals surface area (Å²) in [6, 6.07) is 10.6. The lowest BCUT2D eigenvalue weighted by atomic mass is 10.2. The third-order valence-electron chi connectivity index (χ3n) is 3.73. The highest BCUT2D eigenvalue weighted by Gasteiger charge is 2.13. The molecule has 0 unspecified atom stereocenters. The first-order valence-corrected chi connectivity index (χ1v) is 9.42. The average Bonchev–Trinajstić information content (AvgIpc) is 3.17. The molecule has 0 fully saturated rings. The summed E-state index contributed by atoms with van der Waals surface area (Å²) in [5.41, 5.74) is 1.17. The summed E-state index contributed by atoms with van der Waals surface area (Å²) in [5.74, 6) is -0.000494. The molecule has 7 nitrogen and oxygen atoms in total. The van der Waals surface area contributed by atoms with Crippen molar-refractivity contribution in [2.45, 2.75) is 13.5 Å². The normalized spacial score (nSPS) is 10.3. The number of amides is 2. The first kappa shape index (κ1) is 20.3. The minimum atomic E-state index is -0.395. The number of methoxy groups -OCH3 is 1. The number of carbonyl (C=O) groups is 2. The Morgan fingerprint density at radius 1 is 1.14 bits per heavy atom. The molecule has 2 aromatic carbocycles. The molecule has 0 saturated carbocycles. The number of aromatic nitrogens is 1. The number of hydrogen-bond donors (Lipinski definition) is 2. The number of benzene rings is 2. The van der Waals surface area contributed by atoms with Gasteiger partial charge in [0.1, 0.15) is 34.6 Å². The Labute approximate surface area is 170 Å². The highest BCUT2D eigenvalue weighted by atomic mass is 32.1. The number of carbonyl (C=O) groups excluding carboxylic acids is 2. The van der Waals surface area contributed by atoms with Crippen molar-refractivity contribution in [3.05, 3.63) is 64.4 Å². The number of ether oxygens (including phenoxy) is 2. The molecule has 1 aromatic heterocycles. The number of hydrogen-bond acceptors (Lipinski definition) is 6. The van der Waals surface area contributed by atoms with Gasteiger partial charge in [0.15, 0.2) is 0 Å². The Bertz CT molecular complexity index is 1020. The summed E-state index contributed by atoms with van der Waals surface area (Å²) >= 11 is 1.28. The van der Waals surface area contributed by atoms with Crippen LogP contribution in [0.5, 0.6) is 11.5 Å². The smallest absolute Gasteiger partial charge is 0.275 e. The van der Waals surface area contributed by atoms with Crippen molar-refractivity contribution in [1.82, 2.24) is 4.98 Å². The van der Waals surface area contributed by atoms with Crippen LogP contribution < -0.4 is 20.1 Å².